The van der Waals surface area contributed by atoms with Gasteiger partial charge in [0.15, 0.2) is 11.6 Å². The monoisotopic (exact) mass is 563 g/mol. The second-order valence-electron chi connectivity index (χ2n) is 11.4. The molecule has 1 N–H and O–H groups in total. The van der Waals surface area contributed by atoms with Crippen molar-refractivity contribution in [3.05, 3.63) is 105 Å². The Morgan fingerprint density at radius 2 is 1.66 bits per heavy atom. The summed E-state index contributed by atoms with van der Waals surface area (Å²) in [5.74, 6) is -3.14. The van der Waals surface area contributed by atoms with Gasteiger partial charge in [-0.15, -0.1) is 0 Å². The third kappa shape index (κ3) is 3.63. The van der Waals surface area contributed by atoms with Gasteiger partial charge in [0.05, 0.1) is 17.5 Å². The Bertz CT molecular complexity index is 1850. The first-order valence-corrected chi connectivity index (χ1v) is 14.1. The van der Waals surface area contributed by atoms with Crippen molar-refractivity contribution in [1.29, 1.82) is 0 Å². The number of imide groups is 1. The molecule has 3 aromatic carbocycles. The third-order valence-electron chi connectivity index (χ3n) is 9.22. The fourth-order valence-corrected chi connectivity index (χ4v) is 7.45. The van der Waals surface area contributed by atoms with Crippen LogP contribution in [0.1, 0.15) is 36.8 Å². The van der Waals surface area contributed by atoms with E-state index in [4.69, 9.17) is 11.6 Å². The van der Waals surface area contributed by atoms with Gasteiger partial charge in [0, 0.05) is 33.0 Å². The fourth-order valence-electron chi connectivity index (χ4n) is 7.27. The van der Waals surface area contributed by atoms with Gasteiger partial charge in [-0.3, -0.25) is 19.2 Å². The summed E-state index contributed by atoms with van der Waals surface area (Å²) < 4.78 is 0. The van der Waals surface area contributed by atoms with Crippen molar-refractivity contribution in [2.45, 2.75) is 32.6 Å². The molecule has 1 aliphatic heterocycles. The van der Waals surface area contributed by atoms with Crippen LogP contribution in [0.5, 0.6) is 5.75 Å². The summed E-state index contributed by atoms with van der Waals surface area (Å²) in [6.45, 7) is 3.49. The number of hydrogen-bond donors (Lipinski definition) is 1. The molecule has 1 heterocycles. The van der Waals surface area contributed by atoms with E-state index in [9.17, 15) is 24.3 Å². The Labute approximate surface area is 241 Å². The van der Waals surface area contributed by atoms with E-state index in [1.165, 1.54) is 11.0 Å². The number of aryl methyl sites for hydroxylation is 1. The maximum Gasteiger partial charge on any atom is 0.238 e. The lowest BCUT2D eigenvalue weighted by Gasteiger charge is -2.42. The number of aromatic hydroxyl groups is 1. The van der Waals surface area contributed by atoms with Gasteiger partial charge in [0.25, 0.3) is 0 Å². The summed E-state index contributed by atoms with van der Waals surface area (Å²) in [6, 6.07) is 16.0. The van der Waals surface area contributed by atoms with Gasteiger partial charge in [-0.05, 0) is 73.4 Å². The van der Waals surface area contributed by atoms with Gasteiger partial charge in [0.2, 0.25) is 11.8 Å². The molecule has 0 saturated carbocycles. The van der Waals surface area contributed by atoms with Crippen LogP contribution in [-0.4, -0.2) is 28.5 Å². The van der Waals surface area contributed by atoms with E-state index in [1.807, 2.05) is 37.3 Å². The topological polar surface area (TPSA) is 91.8 Å². The highest BCUT2D eigenvalue weighted by atomic mass is 35.5. The molecule has 4 atom stereocenters. The van der Waals surface area contributed by atoms with Crippen LogP contribution in [0.15, 0.2) is 89.0 Å². The zero-order chi connectivity index (χ0) is 28.7. The van der Waals surface area contributed by atoms with E-state index in [1.54, 1.807) is 37.3 Å². The summed E-state index contributed by atoms with van der Waals surface area (Å²) >= 11 is 6.36. The van der Waals surface area contributed by atoms with Crippen LogP contribution in [0.2, 0.25) is 5.02 Å². The van der Waals surface area contributed by atoms with Gasteiger partial charge in [-0.25, -0.2) is 4.90 Å². The number of phenols is 1. The van der Waals surface area contributed by atoms with Crippen LogP contribution in [0, 0.1) is 24.7 Å². The molecule has 0 spiro atoms. The summed E-state index contributed by atoms with van der Waals surface area (Å²) in [4.78, 5) is 56.2. The van der Waals surface area contributed by atoms with Crippen molar-refractivity contribution in [3.8, 4) is 5.75 Å². The van der Waals surface area contributed by atoms with Crippen LogP contribution in [-0.2, 0) is 19.2 Å². The van der Waals surface area contributed by atoms with Crippen LogP contribution in [0.3, 0.4) is 0 Å². The van der Waals surface area contributed by atoms with Crippen LogP contribution < -0.4 is 4.90 Å². The molecule has 0 bridgehead atoms. The number of benzene rings is 3. The Balaban J connectivity index is 1.41. The van der Waals surface area contributed by atoms with Crippen molar-refractivity contribution in [3.63, 3.8) is 0 Å². The number of carbonyl (C=O) groups is 4. The van der Waals surface area contributed by atoms with Gasteiger partial charge in [-0.1, -0.05) is 59.6 Å². The van der Waals surface area contributed by atoms with Crippen molar-refractivity contribution in [1.82, 2.24) is 0 Å². The fraction of sp³-hybridized carbons (Fsp3) is 0.235. The predicted molar refractivity (Wildman–Crippen MR) is 156 cm³/mol. The number of amides is 2. The third-order valence-corrected chi connectivity index (χ3v) is 9.63. The SMILES string of the molecule is CC1=CC(=O)C2=C(CC3C(=CCC4C(=O)N(c5ccc(C)c(Cl)c5)C(=O)C43)C2c2ccc(O)c3ccccc23)C1=O. The van der Waals surface area contributed by atoms with Crippen LogP contribution in [0.25, 0.3) is 10.8 Å². The molecule has 2 amide bonds. The predicted octanol–water partition coefficient (Wildman–Crippen LogP) is 6.14. The minimum atomic E-state index is -0.670. The average molecular weight is 564 g/mol. The molecule has 41 heavy (non-hydrogen) atoms. The Kier molecular flexibility index (Phi) is 5.70. The molecule has 3 aromatic rings. The van der Waals surface area contributed by atoms with Crippen LogP contribution >= 0.6 is 11.6 Å². The number of nitrogens with zero attached hydrogens (tertiary/aromatic N) is 1. The van der Waals surface area contributed by atoms with E-state index in [2.05, 4.69) is 0 Å². The molecular weight excluding hydrogens is 538 g/mol. The number of ketones is 2. The van der Waals surface area contributed by atoms with Gasteiger partial charge >= 0.3 is 0 Å². The maximum atomic E-state index is 14.1. The number of phenolic OH excluding ortho intramolecular Hbond substituents is 1. The molecule has 1 saturated heterocycles. The van der Waals surface area contributed by atoms with Crippen molar-refractivity contribution >= 4 is 51.4 Å². The second-order valence-corrected chi connectivity index (χ2v) is 11.8. The molecule has 204 valence electrons. The normalized spacial score (nSPS) is 25.7. The second kappa shape index (κ2) is 9.11. The first-order chi connectivity index (χ1) is 19.7. The molecule has 4 unspecified atom stereocenters. The Morgan fingerprint density at radius 1 is 0.902 bits per heavy atom. The van der Waals surface area contributed by atoms with Crippen molar-refractivity contribution in [2.24, 2.45) is 17.8 Å². The molecule has 3 aliphatic carbocycles. The van der Waals surface area contributed by atoms with Gasteiger partial charge < -0.3 is 5.11 Å². The lowest BCUT2D eigenvalue weighted by Crippen LogP contribution is -2.39. The number of fused-ring (bicyclic) bond motifs is 4. The number of halogens is 1. The van der Waals surface area contributed by atoms with E-state index in [-0.39, 0.29) is 35.6 Å². The minimum absolute atomic E-state index is 0.120. The summed E-state index contributed by atoms with van der Waals surface area (Å²) in [5, 5.41) is 12.5. The van der Waals surface area contributed by atoms with E-state index < -0.39 is 23.7 Å². The molecule has 6 nitrogen and oxygen atoms in total. The highest BCUT2D eigenvalue weighted by Crippen LogP contribution is 2.56. The zero-order valence-corrected chi connectivity index (χ0v) is 23.2. The average Bonchev–Trinajstić information content (AvgIpc) is 3.22. The van der Waals surface area contributed by atoms with E-state index in [0.29, 0.717) is 39.2 Å². The number of hydrogen-bond acceptors (Lipinski definition) is 5. The lowest BCUT2D eigenvalue weighted by atomic mass is 9.59. The molecule has 1 fully saturated rings. The highest BCUT2D eigenvalue weighted by molar-refractivity contribution is 6.32. The molecule has 0 aromatic heterocycles. The molecule has 4 aliphatic rings. The Hall–Kier alpha value is -4.29. The van der Waals surface area contributed by atoms with E-state index in [0.717, 1.165) is 22.1 Å². The smallest absolute Gasteiger partial charge is 0.238 e. The zero-order valence-electron chi connectivity index (χ0n) is 22.5. The summed E-state index contributed by atoms with van der Waals surface area (Å²) in [6.07, 6.45) is 3.97. The number of rotatable bonds is 2. The minimum Gasteiger partial charge on any atom is -0.507 e. The number of anilines is 1. The standard InChI is InChI=1S/C34H26ClNO5/c1-16-7-8-18(14-26(16)35)36-33(40)23-10-9-22-24(30(23)34(36)41)15-25-31(28(38)13-17(2)32(25)39)29(22)21-11-12-27(37)20-6-4-3-5-19(20)21/h3-9,11-14,23-24,29-30,37H,10,15H2,1-2H3. The number of allylic oxidation sites excluding steroid dienone is 6. The number of Topliss-reactive ketones (excluding diaryl/α,β-unsaturated/α-hetero) is 1. The first kappa shape index (κ1) is 25.7. The molecule has 0 radical (unpaired) electrons. The van der Waals surface area contributed by atoms with E-state index >= 15 is 0 Å². The quantitative estimate of drug-likeness (QED) is 0.230. The maximum absolute atomic E-state index is 14.1. The van der Waals surface area contributed by atoms with Crippen molar-refractivity contribution in [2.75, 3.05) is 4.90 Å². The van der Waals surface area contributed by atoms with Crippen molar-refractivity contribution < 1.29 is 24.3 Å². The first-order valence-electron chi connectivity index (χ1n) is 13.7. The molecule has 7 heteroatoms. The molecular formula is C34H26ClNO5. The Morgan fingerprint density at radius 3 is 2.41 bits per heavy atom. The van der Waals surface area contributed by atoms with Crippen LogP contribution in [0.4, 0.5) is 5.69 Å². The highest BCUT2D eigenvalue weighted by Gasteiger charge is 2.56. The number of carbonyl (C=O) groups excluding carboxylic acids is 4. The lowest BCUT2D eigenvalue weighted by molar-refractivity contribution is -0.123. The molecule has 7 rings (SSSR count). The largest absolute Gasteiger partial charge is 0.507 e. The summed E-state index contributed by atoms with van der Waals surface area (Å²) in [7, 11) is 0. The summed E-state index contributed by atoms with van der Waals surface area (Å²) in [5.41, 5.74) is 4.15. The van der Waals surface area contributed by atoms with Gasteiger partial charge in [0.1, 0.15) is 5.75 Å². The van der Waals surface area contributed by atoms with Gasteiger partial charge in [-0.2, -0.15) is 0 Å².